The average molecular weight is 314 g/mol. The first-order valence-corrected chi connectivity index (χ1v) is 8.20. The molecule has 0 aliphatic carbocycles. The highest BCUT2D eigenvalue weighted by Crippen LogP contribution is 2.34. The van der Waals surface area contributed by atoms with Crippen LogP contribution in [0.15, 0.2) is 18.2 Å². The second-order valence-electron chi connectivity index (χ2n) is 6.68. The summed E-state index contributed by atoms with van der Waals surface area (Å²) < 4.78 is 5.25. The minimum Gasteiger partial charge on any atom is -0.497 e. The number of carbonyl (C=O) groups excluding carboxylic acids is 1. The van der Waals surface area contributed by atoms with E-state index in [0.29, 0.717) is 17.8 Å². The summed E-state index contributed by atoms with van der Waals surface area (Å²) in [5, 5.41) is 11.1. The van der Waals surface area contributed by atoms with Crippen LogP contribution < -0.4 is 10.1 Å². The third-order valence-corrected chi connectivity index (χ3v) is 5.42. The van der Waals surface area contributed by atoms with Crippen molar-refractivity contribution in [2.75, 3.05) is 14.2 Å². The zero-order valence-corrected chi connectivity index (χ0v) is 13.5. The fourth-order valence-corrected chi connectivity index (χ4v) is 4.08. The normalized spacial score (nSPS) is 27.3. The quantitative estimate of drug-likeness (QED) is 0.908. The Balaban J connectivity index is 1.53. The Labute approximate surface area is 135 Å². The van der Waals surface area contributed by atoms with Gasteiger partial charge in [0, 0.05) is 23.5 Å². The van der Waals surface area contributed by atoms with Crippen LogP contribution >= 0.6 is 0 Å². The molecule has 4 rings (SSSR count). The smallest absolute Gasteiger partial charge is 0.272 e. The highest BCUT2D eigenvalue weighted by Gasteiger charge is 2.39. The van der Waals surface area contributed by atoms with Gasteiger partial charge in [0.05, 0.1) is 12.6 Å². The average Bonchev–Trinajstić information content (AvgIpc) is 3.04. The number of nitrogens with zero attached hydrogens (tertiary/aromatic N) is 2. The van der Waals surface area contributed by atoms with Crippen LogP contribution in [0.1, 0.15) is 36.2 Å². The molecule has 2 N–H and O–H groups in total. The molecule has 2 atom stereocenters. The zero-order valence-electron chi connectivity index (χ0n) is 13.5. The van der Waals surface area contributed by atoms with Crippen molar-refractivity contribution in [2.24, 2.45) is 0 Å². The number of methoxy groups -OCH3 is 1. The predicted molar refractivity (Wildman–Crippen MR) is 87.7 cm³/mol. The maximum atomic E-state index is 12.7. The molecular weight excluding hydrogens is 292 g/mol. The lowest BCUT2D eigenvalue weighted by Gasteiger charge is -2.36. The van der Waals surface area contributed by atoms with E-state index in [2.05, 4.69) is 27.5 Å². The molecule has 0 saturated carbocycles. The molecule has 6 heteroatoms. The Morgan fingerprint density at radius 1 is 1.35 bits per heavy atom. The van der Waals surface area contributed by atoms with E-state index in [0.717, 1.165) is 29.5 Å². The second kappa shape index (κ2) is 5.53. The number of fused-ring (bicyclic) bond motifs is 3. The van der Waals surface area contributed by atoms with Gasteiger partial charge in [-0.2, -0.15) is 5.10 Å². The van der Waals surface area contributed by atoms with Crippen LogP contribution in [0.25, 0.3) is 10.9 Å². The number of amides is 1. The van der Waals surface area contributed by atoms with Gasteiger partial charge in [-0.15, -0.1) is 0 Å². The molecule has 122 valence electrons. The van der Waals surface area contributed by atoms with Gasteiger partial charge in [-0.25, -0.2) is 0 Å². The molecule has 3 heterocycles. The summed E-state index contributed by atoms with van der Waals surface area (Å²) >= 11 is 0. The molecule has 2 unspecified atom stereocenters. The van der Waals surface area contributed by atoms with Crippen molar-refractivity contribution in [1.82, 2.24) is 20.4 Å². The number of hydrogen-bond donors (Lipinski definition) is 2. The number of piperidine rings is 1. The van der Waals surface area contributed by atoms with Gasteiger partial charge < -0.3 is 15.0 Å². The van der Waals surface area contributed by atoms with Crippen LogP contribution in [-0.2, 0) is 0 Å². The van der Waals surface area contributed by atoms with E-state index in [1.54, 1.807) is 7.11 Å². The van der Waals surface area contributed by atoms with Crippen molar-refractivity contribution in [3.8, 4) is 5.75 Å². The van der Waals surface area contributed by atoms with Crippen LogP contribution in [-0.4, -0.2) is 53.3 Å². The second-order valence-corrected chi connectivity index (χ2v) is 6.68. The molecule has 2 aliphatic heterocycles. The van der Waals surface area contributed by atoms with Crippen molar-refractivity contribution >= 4 is 16.8 Å². The molecule has 1 aromatic carbocycles. The summed E-state index contributed by atoms with van der Waals surface area (Å²) in [6.45, 7) is 0. The highest BCUT2D eigenvalue weighted by molar-refractivity contribution is 6.05. The number of hydrogen-bond acceptors (Lipinski definition) is 4. The number of aromatic amines is 1. The van der Waals surface area contributed by atoms with E-state index in [9.17, 15) is 4.79 Å². The summed E-state index contributed by atoms with van der Waals surface area (Å²) in [4.78, 5) is 15.1. The zero-order chi connectivity index (χ0) is 16.0. The van der Waals surface area contributed by atoms with Crippen LogP contribution in [0, 0.1) is 0 Å². The molecule has 6 nitrogen and oxygen atoms in total. The van der Waals surface area contributed by atoms with Crippen LogP contribution in [0.4, 0.5) is 0 Å². The Kier molecular flexibility index (Phi) is 3.49. The van der Waals surface area contributed by atoms with E-state index in [1.807, 2.05) is 18.2 Å². The van der Waals surface area contributed by atoms with Crippen molar-refractivity contribution in [3.05, 3.63) is 23.9 Å². The molecule has 2 aliphatic rings. The maximum Gasteiger partial charge on any atom is 0.272 e. The summed E-state index contributed by atoms with van der Waals surface area (Å²) in [5.41, 5.74) is 1.30. The van der Waals surface area contributed by atoms with Gasteiger partial charge in [0.25, 0.3) is 5.91 Å². The third kappa shape index (κ3) is 2.47. The number of rotatable bonds is 3. The molecule has 0 spiro atoms. The van der Waals surface area contributed by atoms with Gasteiger partial charge in [-0.1, -0.05) is 0 Å². The molecule has 1 amide bonds. The number of nitrogens with one attached hydrogen (secondary N) is 2. The molecule has 1 aromatic heterocycles. The Bertz CT molecular complexity index is 727. The number of H-pyrrole nitrogens is 1. The third-order valence-electron chi connectivity index (χ3n) is 5.42. The molecule has 0 radical (unpaired) electrons. The Hall–Kier alpha value is -2.08. The number of aromatic nitrogens is 2. The standard InChI is InChI=1S/C17H22N4O2/c1-21-11-3-4-12(21)8-10(7-11)18-17(22)16-14-9-13(23-2)5-6-15(14)19-20-16/h5-6,9-12H,3-4,7-8H2,1-2H3,(H,18,22)(H,19,20). The van der Waals surface area contributed by atoms with Crippen molar-refractivity contribution < 1.29 is 9.53 Å². The van der Waals surface area contributed by atoms with Crippen molar-refractivity contribution in [2.45, 2.75) is 43.8 Å². The molecule has 2 bridgehead atoms. The van der Waals surface area contributed by atoms with E-state index in [4.69, 9.17) is 4.74 Å². The van der Waals surface area contributed by atoms with Crippen molar-refractivity contribution in [1.29, 1.82) is 0 Å². The predicted octanol–water partition coefficient (Wildman–Crippen LogP) is 1.93. The summed E-state index contributed by atoms with van der Waals surface area (Å²) in [6, 6.07) is 7.05. The van der Waals surface area contributed by atoms with E-state index >= 15 is 0 Å². The summed E-state index contributed by atoms with van der Waals surface area (Å²) in [7, 11) is 3.82. The lowest BCUT2D eigenvalue weighted by Crippen LogP contribution is -2.48. The fraction of sp³-hybridized carbons (Fsp3) is 0.529. The first-order valence-electron chi connectivity index (χ1n) is 8.20. The first kappa shape index (κ1) is 14.5. The Morgan fingerprint density at radius 3 is 2.78 bits per heavy atom. The number of ether oxygens (including phenoxy) is 1. The highest BCUT2D eigenvalue weighted by atomic mass is 16.5. The minimum atomic E-state index is -0.0987. The lowest BCUT2D eigenvalue weighted by atomic mass is 9.98. The van der Waals surface area contributed by atoms with Crippen molar-refractivity contribution in [3.63, 3.8) is 0 Å². The maximum absolute atomic E-state index is 12.7. The van der Waals surface area contributed by atoms with Crippen LogP contribution in [0.5, 0.6) is 5.75 Å². The van der Waals surface area contributed by atoms with Gasteiger partial charge in [-0.05, 0) is 50.9 Å². The van der Waals surface area contributed by atoms with E-state index < -0.39 is 0 Å². The monoisotopic (exact) mass is 314 g/mol. The van der Waals surface area contributed by atoms with E-state index in [1.165, 1.54) is 12.8 Å². The van der Waals surface area contributed by atoms with Gasteiger partial charge in [-0.3, -0.25) is 9.89 Å². The first-order chi connectivity index (χ1) is 11.2. The summed E-state index contributed by atoms with van der Waals surface area (Å²) in [5.74, 6) is 0.628. The molecule has 2 saturated heterocycles. The van der Waals surface area contributed by atoms with Crippen LogP contribution in [0.3, 0.4) is 0 Å². The van der Waals surface area contributed by atoms with Crippen LogP contribution in [0.2, 0.25) is 0 Å². The molecular formula is C17H22N4O2. The van der Waals surface area contributed by atoms with Gasteiger partial charge in [0.2, 0.25) is 0 Å². The van der Waals surface area contributed by atoms with E-state index in [-0.39, 0.29) is 11.9 Å². The number of benzene rings is 1. The lowest BCUT2D eigenvalue weighted by molar-refractivity contribution is 0.0879. The molecule has 2 fully saturated rings. The van der Waals surface area contributed by atoms with Gasteiger partial charge in [0.15, 0.2) is 5.69 Å². The van der Waals surface area contributed by atoms with Gasteiger partial charge >= 0.3 is 0 Å². The molecule has 23 heavy (non-hydrogen) atoms. The largest absolute Gasteiger partial charge is 0.497 e. The van der Waals surface area contributed by atoms with Gasteiger partial charge in [0.1, 0.15) is 5.75 Å². The SMILES string of the molecule is COc1ccc2[nH]nc(C(=O)NC3CC4CCC(C3)N4C)c2c1. The summed E-state index contributed by atoms with van der Waals surface area (Å²) in [6.07, 6.45) is 4.56. The fourth-order valence-electron chi connectivity index (χ4n) is 4.08. The Morgan fingerprint density at radius 2 is 2.09 bits per heavy atom. The molecule has 2 aromatic rings. The number of carbonyl (C=O) groups is 1. The minimum absolute atomic E-state index is 0.0987. The topological polar surface area (TPSA) is 70.2 Å².